The highest BCUT2D eigenvalue weighted by Crippen LogP contribution is 2.30. The Morgan fingerprint density at radius 3 is 2.77 bits per heavy atom. The second-order valence-corrected chi connectivity index (χ2v) is 7.12. The highest BCUT2D eigenvalue weighted by atomic mass is 32.2. The van der Waals surface area contributed by atoms with E-state index in [4.69, 9.17) is 0 Å². The standard InChI is InChI=1S/C17H23NO3S/c1-12(2)8-10-22-11-15(19)18-9-7-13-5-3-4-6-14(13)16(18)17(20)21/h3-6,12,16H,7-11H2,1-2H3,(H,20,21). The number of benzene rings is 1. The van der Waals surface area contributed by atoms with E-state index in [0.717, 1.165) is 29.7 Å². The van der Waals surface area contributed by atoms with Gasteiger partial charge in [0.25, 0.3) is 0 Å². The van der Waals surface area contributed by atoms with Crippen LogP contribution in [0.15, 0.2) is 24.3 Å². The lowest BCUT2D eigenvalue weighted by Crippen LogP contribution is -2.44. The summed E-state index contributed by atoms with van der Waals surface area (Å²) in [5.74, 6) is 0.893. The zero-order valence-corrected chi connectivity index (χ0v) is 13.9. The van der Waals surface area contributed by atoms with Gasteiger partial charge in [-0.1, -0.05) is 38.1 Å². The van der Waals surface area contributed by atoms with Crippen LogP contribution >= 0.6 is 11.8 Å². The molecule has 1 amide bonds. The van der Waals surface area contributed by atoms with Gasteiger partial charge in [-0.15, -0.1) is 0 Å². The summed E-state index contributed by atoms with van der Waals surface area (Å²) in [4.78, 5) is 25.6. The van der Waals surface area contributed by atoms with Gasteiger partial charge in [-0.3, -0.25) is 4.79 Å². The lowest BCUT2D eigenvalue weighted by atomic mass is 9.92. The predicted octanol–water partition coefficient (Wildman–Crippen LogP) is 2.98. The van der Waals surface area contributed by atoms with Crippen molar-refractivity contribution in [3.63, 3.8) is 0 Å². The molecular weight excluding hydrogens is 298 g/mol. The first-order chi connectivity index (χ1) is 10.5. The second-order valence-electron chi connectivity index (χ2n) is 6.01. The third kappa shape index (κ3) is 4.03. The van der Waals surface area contributed by atoms with E-state index in [0.29, 0.717) is 18.2 Å². The van der Waals surface area contributed by atoms with E-state index in [1.165, 1.54) is 4.90 Å². The lowest BCUT2D eigenvalue weighted by molar-refractivity contribution is -0.150. The second kappa shape index (κ2) is 7.68. The molecule has 1 heterocycles. The summed E-state index contributed by atoms with van der Waals surface area (Å²) in [5.41, 5.74) is 1.79. The number of thioether (sulfide) groups is 1. The Morgan fingerprint density at radius 1 is 1.36 bits per heavy atom. The summed E-state index contributed by atoms with van der Waals surface area (Å²) in [6.45, 7) is 4.80. The van der Waals surface area contributed by atoms with Gasteiger partial charge < -0.3 is 10.0 Å². The molecule has 1 aliphatic heterocycles. The fourth-order valence-corrected chi connectivity index (χ4v) is 3.79. The highest BCUT2D eigenvalue weighted by molar-refractivity contribution is 7.99. The minimum atomic E-state index is -0.951. The van der Waals surface area contributed by atoms with Crippen LogP contribution in [0, 0.1) is 5.92 Å². The normalized spacial score (nSPS) is 17.4. The Kier molecular flexibility index (Phi) is 5.89. The van der Waals surface area contributed by atoms with Gasteiger partial charge in [0.15, 0.2) is 6.04 Å². The Labute approximate surface area is 135 Å². The fourth-order valence-electron chi connectivity index (χ4n) is 2.66. The van der Waals surface area contributed by atoms with Crippen molar-refractivity contribution in [3.05, 3.63) is 35.4 Å². The van der Waals surface area contributed by atoms with Gasteiger partial charge in [-0.2, -0.15) is 11.8 Å². The third-order valence-electron chi connectivity index (χ3n) is 3.90. The van der Waals surface area contributed by atoms with Crippen LogP contribution in [-0.2, 0) is 16.0 Å². The minimum Gasteiger partial charge on any atom is -0.479 e. The molecule has 0 radical (unpaired) electrons. The quantitative estimate of drug-likeness (QED) is 0.818. The molecule has 1 unspecified atom stereocenters. The maximum atomic E-state index is 12.4. The number of rotatable bonds is 6. The number of carbonyl (C=O) groups excluding carboxylic acids is 1. The van der Waals surface area contributed by atoms with Crippen molar-refractivity contribution in [2.75, 3.05) is 18.1 Å². The SMILES string of the molecule is CC(C)CCSCC(=O)N1CCc2ccccc2C1C(=O)O. The molecule has 0 aromatic heterocycles. The Hall–Kier alpha value is -1.49. The Balaban J connectivity index is 2.04. The topological polar surface area (TPSA) is 57.6 Å². The first kappa shape index (κ1) is 16.9. The zero-order chi connectivity index (χ0) is 16.1. The van der Waals surface area contributed by atoms with Crippen molar-refractivity contribution in [2.45, 2.75) is 32.7 Å². The smallest absolute Gasteiger partial charge is 0.331 e. The maximum Gasteiger partial charge on any atom is 0.331 e. The summed E-state index contributed by atoms with van der Waals surface area (Å²) in [7, 11) is 0. The molecule has 0 bridgehead atoms. The van der Waals surface area contributed by atoms with Crippen molar-refractivity contribution in [3.8, 4) is 0 Å². The van der Waals surface area contributed by atoms with E-state index < -0.39 is 12.0 Å². The van der Waals surface area contributed by atoms with Crippen LogP contribution in [0.25, 0.3) is 0 Å². The highest BCUT2D eigenvalue weighted by Gasteiger charge is 2.35. The van der Waals surface area contributed by atoms with Crippen molar-refractivity contribution in [1.29, 1.82) is 0 Å². The van der Waals surface area contributed by atoms with Gasteiger partial charge in [-0.25, -0.2) is 4.79 Å². The average Bonchev–Trinajstić information content (AvgIpc) is 2.49. The van der Waals surface area contributed by atoms with Crippen LogP contribution in [0.1, 0.15) is 37.4 Å². The van der Waals surface area contributed by atoms with Crippen LogP contribution in [0.4, 0.5) is 0 Å². The molecule has 4 nitrogen and oxygen atoms in total. The summed E-state index contributed by atoms with van der Waals surface area (Å²) in [6, 6.07) is 6.67. The predicted molar refractivity (Wildman–Crippen MR) is 89.0 cm³/mol. The van der Waals surface area contributed by atoms with Gasteiger partial charge in [0.2, 0.25) is 5.91 Å². The van der Waals surface area contributed by atoms with E-state index in [2.05, 4.69) is 13.8 Å². The zero-order valence-electron chi connectivity index (χ0n) is 13.1. The molecule has 1 aliphatic rings. The summed E-state index contributed by atoms with van der Waals surface area (Å²) >= 11 is 1.59. The number of carbonyl (C=O) groups is 2. The van der Waals surface area contributed by atoms with Crippen LogP contribution < -0.4 is 0 Å². The average molecular weight is 321 g/mol. The number of hydrogen-bond acceptors (Lipinski definition) is 3. The molecule has 0 fully saturated rings. The van der Waals surface area contributed by atoms with Crippen LogP contribution in [-0.4, -0.2) is 39.9 Å². The van der Waals surface area contributed by atoms with Crippen LogP contribution in [0.3, 0.4) is 0 Å². The van der Waals surface area contributed by atoms with Gasteiger partial charge in [0, 0.05) is 6.54 Å². The molecule has 5 heteroatoms. The van der Waals surface area contributed by atoms with E-state index in [9.17, 15) is 14.7 Å². The Morgan fingerprint density at radius 2 is 2.09 bits per heavy atom. The van der Waals surface area contributed by atoms with E-state index >= 15 is 0 Å². The summed E-state index contributed by atoms with van der Waals surface area (Å²) < 4.78 is 0. The number of carboxylic acids is 1. The summed E-state index contributed by atoms with van der Waals surface area (Å²) in [5, 5.41) is 9.55. The Bertz CT molecular complexity index is 544. The fraction of sp³-hybridized carbons (Fsp3) is 0.529. The maximum absolute atomic E-state index is 12.4. The van der Waals surface area contributed by atoms with Gasteiger partial charge >= 0.3 is 5.97 Å². The molecular formula is C17H23NO3S. The third-order valence-corrected chi connectivity index (χ3v) is 4.88. The number of nitrogens with zero attached hydrogens (tertiary/aromatic N) is 1. The molecule has 2 rings (SSSR count). The first-order valence-electron chi connectivity index (χ1n) is 7.68. The number of aliphatic carboxylic acids is 1. The number of carboxylic acid groups (broad SMARTS) is 1. The van der Waals surface area contributed by atoms with Crippen molar-refractivity contribution < 1.29 is 14.7 Å². The molecule has 1 aromatic carbocycles. The lowest BCUT2D eigenvalue weighted by Gasteiger charge is -2.34. The number of amides is 1. The number of fused-ring (bicyclic) bond motifs is 1. The summed E-state index contributed by atoms with van der Waals surface area (Å²) in [6.07, 6.45) is 1.80. The van der Waals surface area contributed by atoms with Gasteiger partial charge in [0.1, 0.15) is 0 Å². The van der Waals surface area contributed by atoms with Crippen molar-refractivity contribution in [2.24, 2.45) is 5.92 Å². The van der Waals surface area contributed by atoms with Crippen molar-refractivity contribution >= 4 is 23.6 Å². The van der Waals surface area contributed by atoms with Gasteiger partial charge in [-0.05, 0) is 35.6 Å². The molecule has 0 aliphatic carbocycles. The largest absolute Gasteiger partial charge is 0.479 e. The molecule has 1 atom stereocenters. The van der Waals surface area contributed by atoms with Crippen LogP contribution in [0.5, 0.6) is 0 Å². The molecule has 1 aromatic rings. The molecule has 0 saturated heterocycles. The number of hydrogen-bond donors (Lipinski definition) is 1. The van der Waals surface area contributed by atoms with E-state index in [1.54, 1.807) is 11.8 Å². The molecule has 0 saturated carbocycles. The first-order valence-corrected chi connectivity index (χ1v) is 8.84. The molecule has 0 spiro atoms. The van der Waals surface area contributed by atoms with E-state index in [1.807, 2.05) is 24.3 Å². The van der Waals surface area contributed by atoms with Crippen molar-refractivity contribution in [1.82, 2.24) is 4.90 Å². The molecule has 1 N–H and O–H groups in total. The molecule has 22 heavy (non-hydrogen) atoms. The monoisotopic (exact) mass is 321 g/mol. The molecule has 120 valence electrons. The van der Waals surface area contributed by atoms with Crippen LogP contribution in [0.2, 0.25) is 0 Å². The minimum absolute atomic E-state index is 0.0735. The van der Waals surface area contributed by atoms with Gasteiger partial charge in [0.05, 0.1) is 5.75 Å². The van der Waals surface area contributed by atoms with E-state index in [-0.39, 0.29) is 5.91 Å².